The van der Waals surface area contributed by atoms with Gasteiger partial charge in [0.2, 0.25) is 0 Å². The molecule has 0 fully saturated rings. The van der Waals surface area contributed by atoms with Crippen LogP contribution in [-0.2, 0) is 0 Å². The number of ether oxygens (including phenoxy) is 1. The number of hydrogen-bond acceptors (Lipinski definition) is 4. The van der Waals surface area contributed by atoms with Gasteiger partial charge >= 0.3 is 0 Å². The van der Waals surface area contributed by atoms with Gasteiger partial charge < -0.3 is 15.5 Å². The van der Waals surface area contributed by atoms with Crippen molar-refractivity contribution >= 4 is 17.4 Å². The monoisotopic (exact) mass is 293 g/mol. The molecule has 1 heterocycles. The molecule has 0 aliphatic rings. The Balaban J connectivity index is 2.63. The van der Waals surface area contributed by atoms with Crippen molar-refractivity contribution in [1.29, 1.82) is 0 Å². The van der Waals surface area contributed by atoms with Crippen LogP contribution >= 0.6 is 11.6 Å². The van der Waals surface area contributed by atoms with Crippen LogP contribution in [0.2, 0.25) is 5.02 Å². The maximum atomic E-state index is 12.1. The van der Waals surface area contributed by atoms with Gasteiger partial charge in [0.05, 0.1) is 18.2 Å². The van der Waals surface area contributed by atoms with Crippen molar-refractivity contribution < 1.29 is 4.74 Å². The van der Waals surface area contributed by atoms with Gasteiger partial charge in [-0.25, -0.2) is 4.98 Å². The molecule has 1 aromatic heterocycles. The second-order valence-electron chi connectivity index (χ2n) is 4.71. The molecule has 3 N–H and O–H groups in total. The van der Waals surface area contributed by atoms with Gasteiger partial charge in [-0.15, -0.1) is 0 Å². The number of methoxy groups -OCH3 is 1. The van der Waals surface area contributed by atoms with E-state index < -0.39 is 0 Å². The first-order valence-electron chi connectivity index (χ1n) is 6.17. The van der Waals surface area contributed by atoms with Crippen LogP contribution in [0.1, 0.15) is 25.3 Å². The zero-order valence-electron chi connectivity index (χ0n) is 11.5. The van der Waals surface area contributed by atoms with E-state index >= 15 is 0 Å². The minimum Gasteiger partial charge on any atom is -0.496 e. The average Bonchev–Trinajstić information content (AvgIpc) is 2.37. The minimum atomic E-state index is -0.237. The van der Waals surface area contributed by atoms with E-state index in [9.17, 15) is 4.79 Å². The summed E-state index contributed by atoms with van der Waals surface area (Å²) in [4.78, 5) is 19.1. The molecule has 0 radical (unpaired) electrons. The van der Waals surface area contributed by atoms with Gasteiger partial charge in [0.25, 0.3) is 5.56 Å². The molecule has 0 aliphatic heterocycles. The van der Waals surface area contributed by atoms with E-state index in [0.717, 1.165) is 0 Å². The summed E-state index contributed by atoms with van der Waals surface area (Å²) in [5.74, 6) is 1.13. The Morgan fingerprint density at radius 1 is 1.40 bits per heavy atom. The summed E-state index contributed by atoms with van der Waals surface area (Å²) in [6, 6.07) is 5.09. The Hall–Kier alpha value is -2.01. The number of benzene rings is 1. The Labute approximate surface area is 121 Å². The molecular weight excluding hydrogens is 278 g/mol. The van der Waals surface area contributed by atoms with Crippen LogP contribution in [-0.4, -0.2) is 17.1 Å². The molecule has 6 heteroatoms. The predicted octanol–water partition coefficient (Wildman–Crippen LogP) is 2.80. The number of anilines is 1. The number of aromatic nitrogens is 2. The van der Waals surface area contributed by atoms with Gasteiger partial charge in [0.1, 0.15) is 17.4 Å². The number of nitrogens with two attached hydrogens (primary N) is 1. The Bertz CT molecular complexity index is 695. The number of hydrogen-bond donors (Lipinski definition) is 2. The number of nitrogens with zero attached hydrogens (tertiary/aromatic N) is 1. The summed E-state index contributed by atoms with van der Waals surface area (Å²) in [5, 5.41) is 0.541. The third-order valence-corrected chi connectivity index (χ3v) is 3.22. The first kappa shape index (κ1) is 14.4. The molecule has 0 saturated heterocycles. The van der Waals surface area contributed by atoms with Crippen molar-refractivity contribution in [2.24, 2.45) is 0 Å². The summed E-state index contributed by atoms with van der Waals surface area (Å²) in [6.07, 6.45) is 0. The molecule has 2 rings (SSSR count). The van der Waals surface area contributed by atoms with Gasteiger partial charge in [-0.3, -0.25) is 4.79 Å². The van der Waals surface area contributed by atoms with Crippen molar-refractivity contribution in [1.82, 2.24) is 9.97 Å². The van der Waals surface area contributed by atoms with Crippen LogP contribution < -0.4 is 16.0 Å². The maximum absolute atomic E-state index is 12.1. The lowest BCUT2D eigenvalue weighted by Crippen LogP contribution is -2.19. The fraction of sp³-hybridized carbons (Fsp3) is 0.286. The van der Waals surface area contributed by atoms with Crippen LogP contribution in [0.3, 0.4) is 0 Å². The van der Waals surface area contributed by atoms with Crippen LogP contribution in [0.15, 0.2) is 23.0 Å². The van der Waals surface area contributed by atoms with Crippen molar-refractivity contribution in [2.75, 3.05) is 12.8 Å². The molecule has 0 bridgehead atoms. The number of nitrogen functional groups attached to an aromatic ring is 1. The lowest BCUT2D eigenvalue weighted by Gasteiger charge is -2.11. The van der Waals surface area contributed by atoms with E-state index in [2.05, 4.69) is 9.97 Å². The van der Waals surface area contributed by atoms with E-state index in [1.165, 1.54) is 7.11 Å². The molecule has 0 spiro atoms. The third kappa shape index (κ3) is 2.63. The molecule has 20 heavy (non-hydrogen) atoms. The lowest BCUT2D eigenvalue weighted by molar-refractivity contribution is 0.416. The number of halogens is 1. The first-order valence-corrected chi connectivity index (χ1v) is 6.55. The minimum absolute atomic E-state index is 0.00686. The number of nitrogens with one attached hydrogen (secondary N) is 1. The highest BCUT2D eigenvalue weighted by Crippen LogP contribution is 2.30. The fourth-order valence-electron chi connectivity index (χ4n) is 2.05. The highest BCUT2D eigenvalue weighted by Gasteiger charge is 2.15. The van der Waals surface area contributed by atoms with E-state index in [1.807, 2.05) is 13.8 Å². The van der Waals surface area contributed by atoms with Crippen molar-refractivity contribution in [2.45, 2.75) is 19.8 Å². The van der Waals surface area contributed by atoms with Crippen LogP contribution in [0.4, 0.5) is 5.82 Å². The van der Waals surface area contributed by atoms with E-state index in [0.29, 0.717) is 27.7 Å². The highest BCUT2D eigenvalue weighted by molar-refractivity contribution is 6.30. The predicted molar refractivity (Wildman–Crippen MR) is 80.4 cm³/mol. The molecule has 0 atom stereocenters. The summed E-state index contributed by atoms with van der Waals surface area (Å²) in [6.45, 7) is 3.79. The molecular formula is C14H16ClN3O2. The quantitative estimate of drug-likeness (QED) is 0.912. The van der Waals surface area contributed by atoms with Crippen molar-refractivity contribution in [3.8, 4) is 17.1 Å². The largest absolute Gasteiger partial charge is 0.496 e. The summed E-state index contributed by atoms with van der Waals surface area (Å²) in [7, 11) is 1.53. The zero-order chi connectivity index (χ0) is 14.9. The van der Waals surface area contributed by atoms with E-state index in [4.69, 9.17) is 22.1 Å². The lowest BCUT2D eigenvalue weighted by atomic mass is 10.1. The molecule has 106 valence electrons. The number of rotatable bonds is 3. The maximum Gasteiger partial charge on any atom is 0.256 e. The SMILES string of the molecule is COc1cc(Cl)ccc1-c1nc(N)c(C(C)C)c(=O)[nH]1. The van der Waals surface area contributed by atoms with Crippen molar-refractivity contribution in [3.63, 3.8) is 0 Å². The fourth-order valence-corrected chi connectivity index (χ4v) is 2.21. The summed E-state index contributed by atoms with van der Waals surface area (Å²) in [5.41, 5.74) is 6.77. The topological polar surface area (TPSA) is 81.0 Å². The summed E-state index contributed by atoms with van der Waals surface area (Å²) >= 11 is 5.92. The first-order chi connectivity index (χ1) is 9.43. The Kier molecular flexibility index (Phi) is 3.99. The Morgan fingerprint density at radius 3 is 2.65 bits per heavy atom. The van der Waals surface area contributed by atoms with E-state index in [-0.39, 0.29) is 17.3 Å². The van der Waals surface area contributed by atoms with Crippen LogP contribution in [0.25, 0.3) is 11.4 Å². The van der Waals surface area contributed by atoms with Gasteiger partial charge in [-0.2, -0.15) is 0 Å². The molecule has 1 aromatic carbocycles. The highest BCUT2D eigenvalue weighted by atomic mass is 35.5. The van der Waals surface area contributed by atoms with Gasteiger partial charge in [-0.05, 0) is 24.1 Å². The Morgan fingerprint density at radius 2 is 2.10 bits per heavy atom. The third-order valence-electron chi connectivity index (χ3n) is 2.98. The molecule has 0 unspecified atom stereocenters. The number of H-pyrrole nitrogens is 1. The second-order valence-corrected chi connectivity index (χ2v) is 5.15. The zero-order valence-corrected chi connectivity index (χ0v) is 12.3. The number of aromatic amines is 1. The smallest absolute Gasteiger partial charge is 0.256 e. The van der Waals surface area contributed by atoms with Gasteiger partial charge in [0.15, 0.2) is 0 Å². The summed E-state index contributed by atoms with van der Waals surface area (Å²) < 4.78 is 5.25. The normalized spacial score (nSPS) is 10.8. The van der Waals surface area contributed by atoms with Crippen molar-refractivity contribution in [3.05, 3.63) is 39.1 Å². The van der Waals surface area contributed by atoms with Gasteiger partial charge in [0, 0.05) is 5.02 Å². The van der Waals surface area contributed by atoms with Crippen LogP contribution in [0.5, 0.6) is 5.75 Å². The molecule has 0 amide bonds. The molecule has 5 nitrogen and oxygen atoms in total. The molecule has 2 aromatic rings. The average molecular weight is 294 g/mol. The second kappa shape index (κ2) is 5.54. The van der Waals surface area contributed by atoms with Gasteiger partial charge in [-0.1, -0.05) is 25.4 Å². The molecule has 0 saturated carbocycles. The van der Waals surface area contributed by atoms with E-state index in [1.54, 1.807) is 18.2 Å². The van der Waals surface area contributed by atoms with Crippen LogP contribution in [0, 0.1) is 0 Å². The standard InChI is InChI=1S/C14H16ClN3O2/c1-7(2)11-12(16)17-13(18-14(11)19)9-5-4-8(15)6-10(9)20-3/h4-7H,1-3H3,(H3,16,17,18,19). The molecule has 0 aliphatic carbocycles.